The molecule has 0 fully saturated rings. The Labute approximate surface area is 158 Å². The van der Waals surface area contributed by atoms with Gasteiger partial charge in [0.15, 0.2) is 0 Å². The predicted octanol–water partition coefficient (Wildman–Crippen LogP) is 5.53. The van der Waals surface area contributed by atoms with Gasteiger partial charge in [0, 0.05) is 16.8 Å². The molecule has 26 heavy (non-hydrogen) atoms. The van der Waals surface area contributed by atoms with Crippen molar-refractivity contribution in [2.24, 2.45) is 0 Å². The number of aromatic hydroxyl groups is 1. The maximum Gasteiger partial charge on any atom is 0.230 e. The zero-order valence-corrected chi connectivity index (χ0v) is 15.2. The molecule has 4 nitrogen and oxygen atoms in total. The van der Waals surface area contributed by atoms with Crippen LogP contribution < -0.4 is 5.32 Å². The van der Waals surface area contributed by atoms with Crippen LogP contribution >= 0.6 is 11.6 Å². The highest BCUT2D eigenvalue weighted by atomic mass is 35.5. The Hall–Kier alpha value is -2.85. The molecule has 3 rings (SSSR count). The molecule has 2 N–H and O–H groups in total. The highest BCUT2D eigenvalue weighted by Crippen LogP contribution is 2.25. The summed E-state index contributed by atoms with van der Waals surface area (Å²) in [5.74, 6) is 0.307. The van der Waals surface area contributed by atoms with E-state index in [4.69, 9.17) is 11.6 Å². The highest BCUT2D eigenvalue weighted by Gasteiger charge is 2.07. The molecule has 0 aliphatic rings. The second-order valence-corrected chi connectivity index (χ2v) is 6.34. The number of nitrogens with zero attached hydrogens (tertiary/aromatic N) is 2. The SMILES string of the molecule is Cc1c(Cl)cccc1Nc1nc(O)cc(CC/C=C/c2ccccc2)n1. The van der Waals surface area contributed by atoms with Gasteiger partial charge in [0.25, 0.3) is 0 Å². The minimum Gasteiger partial charge on any atom is -0.493 e. The fraction of sp³-hybridized carbons (Fsp3) is 0.143. The molecule has 0 saturated heterocycles. The number of hydrogen-bond donors (Lipinski definition) is 2. The van der Waals surface area contributed by atoms with E-state index in [0.29, 0.717) is 17.4 Å². The normalized spacial score (nSPS) is 11.0. The Morgan fingerprint density at radius 1 is 1.08 bits per heavy atom. The molecule has 0 aliphatic heterocycles. The topological polar surface area (TPSA) is 58.0 Å². The van der Waals surface area contributed by atoms with Crippen LogP contribution in [-0.2, 0) is 6.42 Å². The van der Waals surface area contributed by atoms with Gasteiger partial charge in [0.2, 0.25) is 11.8 Å². The van der Waals surface area contributed by atoms with E-state index in [2.05, 4.69) is 39.6 Å². The number of allylic oxidation sites excluding steroid dienone is 1. The van der Waals surface area contributed by atoms with Crippen molar-refractivity contribution in [3.63, 3.8) is 0 Å². The zero-order chi connectivity index (χ0) is 18.4. The monoisotopic (exact) mass is 365 g/mol. The summed E-state index contributed by atoms with van der Waals surface area (Å²) in [6.45, 7) is 1.92. The van der Waals surface area contributed by atoms with Crippen LogP contribution in [0, 0.1) is 6.92 Å². The molecule has 0 bridgehead atoms. The first kappa shape index (κ1) is 18.0. The summed E-state index contributed by atoms with van der Waals surface area (Å²) in [7, 11) is 0. The fourth-order valence-electron chi connectivity index (χ4n) is 2.55. The van der Waals surface area contributed by atoms with Crippen LogP contribution in [-0.4, -0.2) is 15.1 Å². The number of aryl methyl sites for hydroxylation is 1. The molecule has 0 radical (unpaired) electrons. The van der Waals surface area contributed by atoms with Crippen molar-refractivity contribution >= 4 is 29.3 Å². The van der Waals surface area contributed by atoms with Crippen molar-refractivity contribution in [2.45, 2.75) is 19.8 Å². The summed E-state index contributed by atoms with van der Waals surface area (Å²) in [6.07, 6.45) is 5.71. The molecule has 0 amide bonds. The summed E-state index contributed by atoms with van der Waals surface area (Å²) < 4.78 is 0. The maximum absolute atomic E-state index is 9.90. The summed E-state index contributed by atoms with van der Waals surface area (Å²) in [5, 5.41) is 13.7. The summed E-state index contributed by atoms with van der Waals surface area (Å²) >= 11 is 6.14. The van der Waals surface area contributed by atoms with Gasteiger partial charge >= 0.3 is 0 Å². The summed E-state index contributed by atoms with van der Waals surface area (Å²) in [6, 6.07) is 17.3. The van der Waals surface area contributed by atoms with Gasteiger partial charge in [-0.05, 0) is 43.0 Å². The largest absolute Gasteiger partial charge is 0.493 e. The van der Waals surface area contributed by atoms with Crippen LogP contribution in [0.1, 0.15) is 23.2 Å². The third-order valence-corrected chi connectivity index (χ3v) is 4.37. The molecular weight excluding hydrogens is 346 g/mol. The van der Waals surface area contributed by atoms with Gasteiger partial charge in [0.05, 0.1) is 5.69 Å². The lowest BCUT2D eigenvalue weighted by molar-refractivity contribution is 0.451. The number of benzene rings is 2. The number of hydrogen-bond acceptors (Lipinski definition) is 4. The lowest BCUT2D eigenvalue weighted by Gasteiger charge is -2.10. The van der Waals surface area contributed by atoms with Gasteiger partial charge in [-0.2, -0.15) is 4.98 Å². The van der Waals surface area contributed by atoms with Crippen LogP contribution in [0.2, 0.25) is 5.02 Å². The summed E-state index contributed by atoms with van der Waals surface area (Å²) in [4.78, 5) is 8.53. The Bertz CT molecular complexity index is 910. The molecule has 1 heterocycles. The number of halogens is 1. The predicted molar refractivity (Wildman–Crippen MR) is 107 cm³/mol. The molecular formula is C21H20ClN3O. The molecule has 0 saturated carbocycles. The number of aromatic nitrogens is 2. The minimum absolute atomic E-state index is 0.0516. The van der Waals surface area contributed by atoms with Crippen LogP contribution in [0.25, 0.3) is 6.08 Å². The molecule has 0 aliphatic carbocycles. The lowest BCUT2D eigenvalue weighted by atomic mass is 10.1. The van der Waals surface area contributed by atoms with E-state index in [1.165, 1.54) is 0 Å². The van der Waals surface area contributed by atoms with E-state index in [9.17, 15) is 5.11 Å². The average Bonchev–Trinajstić information content (AvgIpc) is 2.63. The minimum atomic E-state index is -0.0516. The molecule has 0 unspecified atom stereocenters. The van der Waals surface area contributed by atoms with Gasteiger partial charge < -0.3 is 10.4 Å². The lowest BCUT2D eigenvalue weighted by Crippen LogP contribution is -2.01. The first-order chi connectivity index (χ1) is 12.6. The van der Waals surface area contributed by atoms with E-state index < -0.39 is 0 Å². The van der Waals surface area contributed by atoms with E-state index in [1.54, 1.807) is 6.07 Å². The van der Waals surface area contributed by atoms with Crippen LogP contribution in [0.4, 0.5) is 11.6 Å². The van der Waals surface area contributed by atoms with Crippen LogP contribution in [0.15, 0.2) is 60.7 Å². The van der Waals surface area contributed by atoms with Crippen molar-refractivity contribution in [1.82, 2.24) is 9.97 Å². The van der Waals surface area contributed by atoms with E-state index in [1.807, 2.05) is 43.3 Å². The van der Waals surface area contributed by atoms with E-state index in [0.717, 1.165) is 28.9 Å². The zero-order valence-electron chi connectivity index (χ0n) is 14.5. The average molecular weight is 366 g/mol. The van der Waals surface area contributed by atoms with E-state index >= 15 is 0 Å². The number of rotatable bonds is 6. The fourth-order valence-corrected chi connectivity index (χ4v) is 2.72. The molecule has 5 heteroatoms. The van der Waals surface area contributed by atoms with Gasteiger partial charge in [-0.3, -0.25) is 0 Å². The molecule has 0 atom stereocenters. The van der Waals surface area contributed by atoms with Crippen molar-refractivity contribution < 1.29 is 5.11 Å². The van der Waals surface area contributed by atoms with Crippen LogP contribution in [0.5, 0.6) is 5.88 Å². The van der Waals surface area contributed by atoms with E-state index in [-0.39, 0.29) is 5.88 Å². The Balaban J connectivity index is 1.67. The number of anilines is 2. The van der Waals surface area contributed by atoms with Gasteiger partial charge in [-0.1, -0.05) is 60.2 Å². The third-order valence-electron chi connectivity index (χ3n) is 3.96. The molecule has 0 spiro atoms. The van der Waals surface area contributed by atoms with Crippen molar-refractivity contribution in [3.05, 3.63) is 82.5 Å². The maximum atomic E-state index is 9.90. The van der Waals surface area contributed by atoms with Crippen LogP contribution in [0.3, 0.4) is 0 Å². The van der Waals surface area contributed by atoms with Crippen molar-refractivity contribution in [3.8, 4) is 5.88 Å². The Morgan fingerprint density at radius 3 is 2.69 bits per heavy atom. The third kappa shape index (κ3) is 4.83. The second kappa shape index (κ2) is 8.50. The highest BCUT2D eigenvalue weighted by molar-refractivity contribution is 6.31. The molecule has 3 aromatic rings. The van der Waals surface area contributed by atoms with Gasteiger partial charge in [-0.25, -0.2) is 4.98 Å². The standard InChI is InChI=1S/C21H20ClN3O/c1-15-18(22)12-7-13-19(15)24-21-23-17(14-20(26)25-21)11-6-5-10-16-8-3-2-4-9-16/h2-5,7-10,12-14H,6,11H2,1H3,(H2,23,24,25,26)/b10-5+. The molecule has 2 aromatic carbocycles. The van der Waals surface area contributed by atoms with Crippen molar-refractivity contribution in [2.75, 3.05) is 5.32 Å². The quantitative estimate of drug-likeness (QED) is 0.602. The van der Waals surface area contributed by atoms with Gasteiger partial charge in [-0.15, -0.1) is 0 Å². The first-order valence-electron chi connectivity index (χ1n) is 8.42. The number of nitrogens with one attached hydrogen (secondary N) is 1. The Morgan fingerprint density at radius 2 is 1.88 bits per heavy atom. The second-order valence-electron chi connectivity index (χ2n) is 5.93. The molecule has 132 valence electrons. The molecule has 1 aromatic heterocycles. The first-order valence-corrected chi connectivity index (χ1v) is 8.80. The van der Waals surface area contributed by atoms with Gasteiger partial charge in [0.1, 0.15) is 0 Å². The smallest absolute Gasteiger partial charge is 0.230 e. The summed E-state index contributed by atoms with van der Waals surface area (Å²) in [5.41, 5.74) is 3.67. The Kier molecular flexibility index (Phi) is 5.87. The van der Waals surface area contributed by atoms with Crippen molar-refractivity contribution in [1.29, 1.82) is 0 Å².